The number of hydrogen-bond donors (Lipinski definition) is 1. The lowest BCUT2D eigenvalue weighted by Crippen LogP contribution is -2.45. The summed E-state index contributed by atoms with van der Waals surface area (Å²) < 4.78 is 41.7. The summed E-state index contributed by atoms with van der Waals surface area (Å²) in [6.45, 7) is 11.9. The van der Waals surface area contributed by atoms with Crippen LogP contribution in [-0.4, -0.2) is 65.0 Å². The summed E-state index contributed by atoms with van der Waals surface area (Å²) in [7, 11) is -4.17. The zero-order valence-electron chi connectivity index (χ0n) is 28.1. The van der Waals surface area contributed by atoms with Crippen LogP contribution in [0.4, 0.5) is 5.95 Å². The Kier molecular flexibility index (Phi) is 9.48. The predicted molar refractivity (Wildman–Crippen MR) is 182 cm³/mol. The molecule has 12 heteroatoms. The van der Waals surface area contributed by atoms with E-state index in [9.17, 15) is 13.2 Å². The molecule has 1 amide bonds. The molecule has 1 N–H and O–H groups in total. The second-order valence-electron chi connectivity index (χ2n) is 13.8. The van der Waals surface area contributed by atoms with Gasteiger partial charge < -0.3 is 14.4 Å². The Morgan fingerprint density at radius 2 is 1.69 bits per heavy atom. The van der Waals surface area contributed by atoms with Gasteiger partial charge in [0.2, 0.25) is 11.8 Å². The predicted octanol–water partition coefficient (Wildman–Crippen LogP) is 6.08. The normalized spacial score (nSPS) is 18.6. The molecule has 48 heavy (non-hydrogen) atoms. The Labute approximate surface area is 282 Å². The van der Waals surface area contributed by atoms with Gasteiger partial charge in [0.25, 0.3) is 15.9 Å². The lowest BCUT2D eigenvalue weighted by atomic mass is 9.87. The third-order valence-corrected chi connectivity index (χ3v) is 10.1. The highest BCUT2D eigenvalue weighted by atomic mass is 32.2. The molecule has 2 aromatic carbocycles. The summed E-state index contributed by atoms with van der Waals surface area (Å²) in [6.07, 6.45) is 5.90. The molecule has 0 aliphatic carbocycles. The first-order chi connectivity index (χ1) is 22.9. The second kappa shape index (κ2) is 13.6. The number of amides is 1. The second-order valence-corrected chi connectivity index (χ2v) is 15.5. The fourth-order valence-electron chi connectivity index (χ4n) is 6.37. The van der Waals surface area contributed by atoms with Gasteiger partial charge in [-0.1, -0.05) is 45.0 Å². The monoisotopic (exact) mass is 670 g/mol. The van der Waals surface area contributed by atoms with Crippen LogP contribution in [0.1, 0.15) is 78.8 Å². The molecule has 6 rings (SSSR count). The van der Waals surface area contributed by atoms with Crippen molar-refractivity contribution in [1.29, 1.82) is 0 Å². The van der Waals surface area contributed by atoms with Crippen molar-refractivity contribution < 1.29 is 22.7 Å². The van der Waals surface area contributed by atoms with E-state index in [2.05, 4.69) is 35.5 Å². The SMILES string of the molecule is Cc1cccc(C)c1-c1cc2nc(n1)NS(=O)(=O)c1cccc(c1)C(=O)N(Cc1cnc(C3CCOCC3)cn1)[C@H](CC(C)(C)C)CO2. The van der Waals surface area contributed by atoms with Crippen molar-refractivity contribution in [2.45, 2.75) is 77.3 Å². The molecular weight excluding hydrogens is 629 g/mol. The maximum Gasteiger partial charge on any atom is 0.264 e. The highest BCUT2D eigenvalue weighted by molar-refractivity contribution is 7.92. The fourth-order valence-corrected chi connectivity index (χ4v) is 7.36. The van der Waals surface area contributed by atoms with Gasteiger partial charge in [-0.2, -0.15) is 4.98 Å². The summed E-state index contributed by atoms with van der Waals surface area (Å²) in [6, 6.07) is 13.2. The molecule has 4 heterocycles. The molecule has 2 aliphatic rings. The van der Waals surface area contributed by atoms with E-state index in [1.807, 2.05) is 32.0 Å². The molecule has 11 nitrogen and oxygen atoms in total. The number of hydrogen-bond acceptors (Lipinski definition) is 9. The van der Waals surface area contributed by atoms with Crippen molar-refractivity contribution in [2.24, 2.45) is 5.41 Å². The molecule has 2 aromatic heterocycles. The molecule has 0 radical (unpaired) electrons. The van der Waals surface area contributed by atoms with Crippen LogP contribution >= 0.6 is 0 Å². The van der Waals surface area contributed by atoms with Crippen LogP contribution in [0, 0.1) is 19.3 Å². The Balaban J connectivity index is 1.43. The van der Waals surface area contributed by atoms with E-state index in [0.717, 1.165) is 35.2 Å². The summed E-state index contributed by atoms with van der Waals surface area (Å²) in [5, 5.41) is 0. The van der Waals surface area contributed by atoms with Crippen molar-refractivity contribution >= 4 is 21.9 Å². The largest absolute Gasteiger partial charge is 0.475 e. The van der Waals surface area contributed by atoms with Crippen LogP contribution in [0.15, 0.2) is 65.8 Å². The van der Waals surface area contributed by atoms with Crippen molar-refractivity contribution in [3.8, 4) is 17.1 Å². The highest BCUT2D eigenvalue weighted by Gasteiger charge is 2.32. The summed E-state index contributed by atoms with van der Waals surface area (Å²) >= 11 is 0. The Morgan fingerprint density at radius 1 is 0.958 bits per heavy atom. The topological polar surface area (TPSA) is 136 Å². The van der Waals surface area contributed by atoms with Crippen LogP contribution in [0.5, 0.6) is 5.88 Å². The summed E-state index contributed by atoms with van der Waals surface area (Å²) in [5.41, 5.74) is 4.92. The molecule has 4 bridgehead atoms. The van der Waals surface area contributed by atoms with Crippen LogP contribution in [0.3, 0.4) is 0 Å². The van der Waals surface area contributed by atoms with E-state index in [-0.39, 0.29) is 46.8 Å². The van der Waals surface area contributed by atoms with E-state index in [1.54, 1.807) is 35.5 Å². The van der Waals surface area contributed by atoms with E-state index < -0.39 is 16.1 Å². The zero-order chi connectivity index (χ0) is 34.1. The van der Waals surface area contributed by atoms with Gasteiger partial charge >= 0.3 is 0 Å². The Bertz CT molecular complexity index is 1880. The molecule has 1 atom stereocenters. The maximum atomic E-state index is 14.4. The van der Waals surface area contributed by atoms with Gasteiger partial charge in [-0.3, -0.25) is 14.8 Å². The number of ether oxygens (including phenoxy) is 2. The van der Waals surface area contributed by atoms with Crippen LogP contribution in [-0.2, 0) is 21.3 Å². The maximum absolute atomic E-state index is 14.4. The third kappa shape index (κ3) is 7.65. The average molecular weight is 671 g/mol. The number of carbonyl (C=O) groups is 1. The number of fused-ring (bicyclic) bond motifs is 4. The molecule has 0 unspecified atom stereocenters. The number of rotatable bonds is 5. The number of benzene rings is 2. The summed E-state index contributed by atoms with van der Waals surface area (Å²) in [5.74, 6) is 0.0240. The van der Waals surface area contributed by atoms with Gasteiger partial charge in [0.05, 0.1) is 40.8 Å². The first-order valence-electron chi connectivity index (χ1n) is 16.3. The number of aryl methyl sites for hydroxylation is 2. The number of carbonyl (C=O) groups excluding carboxylic acids is 1. The molecule has 2 aliphatic heterocycles. The van der Waals surface area contributed by atoms with E-state index in [4.69, 9.17) is 19.4 Å². The number of nitrogens with one attached hydrogen (secondary N) is 1. The Hall–Kier alpha value is -4.42. The van der Waals surface area contributed by atoms with Gasteiger partial charge in [-0.15, -0.1) is 0 Å². The minimum absolute atomic E-state index is 0.0796. The molecule has 252 valence electrons. The van der Waals surface area contributed by atoms with Crippen molar-refractivity contribution in [1.82, 2.24) is 24.8 Å². The fraction of sp³-hybridized carbons (Fsp3) is 0.417. The first kappa shape index (κ1) is 33.5. The van der Waals surface area contributed by atoms with E-state index in [1.165, 1.54) is 12.1 Å². The Morgan fingerprint density at radius 3 is 2.38 bits per heavy atom. The van der Waals surface area contributed by atoms with Crippen molar-refractivity contribution in [3.63, 3.8) is 0 Å². The molecule has 1 fully saturated rings. The van der Waals surface area contributed by atoms with E-state index >= 15 is 0 Å². The van der Waals surface area contributed by atoms with Crippen LogP contribution < -0.4 is 9.46 Å². The zero-order valence-corrected chi connectivity index (χ0v) is 28.9. The van der Waals surface area contributed by atoms with Crippen molar-refractivity contribution in [2.75, 3.05) is 24.5 Å². The van der Waals surface area contributed by atoms with Gasteiger partial charge in [0.1, 0.15) is 6.61 Å². The molecule has 4 aromatic rings. The molecule has 0 saturated carbocycles. The van der Waals surface area contributed by atoms with Gasteiger partial charge in [-0.05, 0) is 67.9 Å². The van der Waals surface area contributed by atoms with Crippen molar-refractivity contribution in [3.05, 3.63) is 89.0 Å². The minimum Gasteiger partial charge on any atom is -0.475 e. The number of anilines is 1. The van der Waals surface area contributed by atoms with Crippen LogP contribution in [0.25, 0.3) is 11.3 Å². The molecule has 0 spiro atoms. The van der Waals surface area contributed by atoms with Gasteiger partial charge in [0, 0.05) is 42.5 Å². The van der Waals surface area contributed by atoms with Crippen LogP contribution in [0.2, 0.25) is 0 Å². The first-order valence-corrected chi connectivity index (χ1v) is 17.8. The molecular formula is C36H42N6O5S. The van der Waals surface area contributed by atoms with Gasteiger partial charge in [-0.25, -0.2) is 18.1 Å². The lowest BCUT2D eigenvalue weighted by Gasteiger charge is -2.35. The number of aromatic nitrogens is 4. The molecule has 1 saturated heterocycles. The number of nitrogens with zero attached hydrogens (tertiary/aromatic N) is 5. The average Bonchev–Trinajstić information content (AvgIpc) is 3.05. The highest BCUT2D eigenvalue weighted by Crippen LogP contribution is 2.32. The summed E-state index contributed by atoms with van der Waals surface area (Å²) in [4.78, 5) is 34.6. The smallest absolute Gasteiger partial charge is 0.264 e. The quantitative estimate of drug-likeness (QED) is 0.268. The number of sulfonamides is 1. The van der Waals surface area contributed by atoms with E-state index in [0.29, 0.717) is 36.9 Å². The lowest BCUT2D eigenvalue weighted by molar-refractivity contribution is 0.0508. The van der Waals surface area contributed by atoms with Gasteiger partial charge in [0.15, 0.2) is 0 Å². The third-order valence-electron chi connectivity index (χ3n) is 8.73. The standard InChI is InChI=1S/C36H42N6O5S/c1-23-8-6-9-24(2)33(23)30-17-32-40-35(39-30)41-48(44,45)29-11-7-10-26(16-29)34(43)42(28(22-47-32)18-36(3,4)5)21-27-19-38-31(20-37-27)25-12-14-46-15-13-25/h6-11,16-17,19-20,25,28H,12-15,18,21-22H2,1-5H3,(H,39,40,41)/t28-/m1/s1. The minimum atomic E-state index is -4.17.